The van der Waals surface area contributed by atoms with Crippen molar-refractivity contribution in [2.24, 2.45) is 0 Å². The van der Waals surface area contributed by atoms with Crippen LogP contribution in [-0.4, -0.2) is 28.5 Å². The first-order chi connectivity index (χ1) is 13.5. The third kappa shape index (κ3) is 6.57. The van der Waals surface area contributed by atoms with Gasteiger partial charge in [0.1, 0.15) is 0 Å². The van der Waals surface area contributed by atoms with Crippen LogP contribution in [0.1, 0.15) is 41.9 Å². The predicted octanol–water partition coefficient (Wildman–Crippen LogP) is 4.82. The molecule has 2 unspecified atom stereocenters. The summed E-state index contributed by atoms with van der Waals surface area (Å²) in [7, 11) is -3.90. The Bertz CT molecular complexity index is 840. The minimum Gasteiger partial charge on any atom is -0.324 e. The molecule has 0 heterocycles. The maximum Gasteiger partial charge on any atom is 0.325 e. The molecule has 28 heavy (non-hydrogen) atoms. The Morgan fingerprint density at radius 2 is 1.57 bits per heavy atom. The Kier molecular flexibility index (Phi) is 7.41. The monoisotopic (exact) mass is 397 g/mol. The summed E-state index contributed by atoms with van der Waals surface area (Å²) in [6, 6.07) is 19.2. The molecule has 0 aromatic heterocycles. The Balaban J connectivity index is 1.60. The molecule has 0 spiro atoms. The molecule has 1 aliphatic rings. The minimum atomic E-state index is -3.90. The summed E-state index contributed by atoms with van der Waals surface area (Å²) in [5.41, 5.74) is 3.65. The van der Waals surface area contributed by atoms with Crippen LogP contribution >= 0.6 is 7.60 Å². The van der Waals surface area contributed by atoms with E-state index < -0.39 is 7.60 Å². The average Bonchev–Trinajstić information content (AvgIpc) is 2.70. The number of benzene rings is 2. The van der Waals surface area contributed by atoms with Gasteiger partial charge in [-0.15, -0.1) is 0 Å². The van der Waals surface area contributed by atoms with Crippen LogP contribution in [0.5, 0.6) is 0 Å². The predicted molar refractivity (Wildman–Crippen MR) is 116 cm³/mol. The summed E-state index contributed by atoms with van der Waals surface area (Å²) in [5.74, 6) is 0.382. The van der Waals surface area contributed by atoms with Gasteiger partial charge in [-0.05, 0) is 42.5 Å². The third-order valence-corrected chi connectivity index (χ3v) is 6.00. The largest absolute Gasteiger partial charge is 0.325 e. The van der Waals surface area contributed by atoms with Gasteiger partial charge in [-0.25, -0.2) is 0 Å². The van der Waals surface area contributed by atoms with Crippen LogP contribution in [-0.2, 0) is 4.57 Å². The van der Waals surface area contributed by atoms with Gasteiger partial charge < -0.3 is 15.1 Å². The smallest absolute Gasteiger partial charge is 0.324 e. The summed E-state index contributed by atoms with van der Waals surface area (Å²) >= 11 is 0. The fraction of sp³-hybridized carbons (Fsp3) is 0.304. The molecule has 0 saturated carbocycles. The topological polar surface area (TPSA) is 69.6 Å². The van der Waals surface area contributed by atoms with Crippen LogP contribution in [0.3, 0.4) is 0 Å². The molecule has 2 atom stereocenters. The van der Waals surface area contributed by atoms with Crippen molar-refractivity contribution >= 4 is 19.7 Å². The standard InChI is InChI=1S/C23H28NO3P/c25-28(26,27)18-6-17-24-23-10-5-4-9-22(23)21-15-13-20(14-16-21)12-11-19-7-2-1-3-8-19/h1-5,7-8,11-16,22-24H,6,9-10,17-18H2,(H2,25,26,27). The Morgan fingerprint density at radius 3 is 2.25 bits per heavy atom. The minimum absolute atomic E-state index is 0.0598. The Hall–Kier alpha value is -1.97. The highest BCUT2D eigenvalue weighted by Crippen LogP contribution is 2.35. The molecule has 148 valence electrons. The zero-order valence-electron chi connectivity index (χ0n) is 15.9. The van der Waals surface area contributed by atoms with Crippen molar-refractivity contribution < 1.29 is 14.4 Å². The number of allylic oxidation sites excluding steroid dienone is 1. The Morgan fingerprint density at radius 1 is 0.929 bits per heavy atom. The second-order valence-corrected chi connectivity index (χ2v) is 9.04. The molecule has 3 rings (SSSR count). The second kappa shape index (κ2) is 9.99. The first-order valence-electron chi connectivity index (χ1n) is 9.77. The molecule has 0 radical (unpaired) electrons. The lowest BCUT2D eigenvalue weighted by molar-refractivity contribution is 0.368. The summed E-state index contributed by atoms with van der Waals surface area (Å²) in [6.45, 7) is 0.623. The first-order valence-corrected chi connectivity index (χ1v) is 11.6. The molecular weight excluding hydrogens is 369 g/mol. The van der Waals surface area contributed by atoms with Gasteiger partial charge in [-0.3, -0.25) is 4.57 Å². The highest BCUT2D eigenvalue weighted by molar-refractivity contribution is 7.51. The fourth-order valence-electron chi connectivity index (χ4n) is 3.59. The van der Waals surface area contributed by atoms with E-state index in [9.17, 15) is 4.57 Å². The van der Waals surface area contributed by atoms with Crippen molar-refractivity contribution in [2.45, 2.75) is 31.2 Å². The van der Waals surface area contributed by atoms with Crippen molar-refractivity contribution in [1.29, 1.82) is 0 Å². The molecular formula is C23H28NO3P. The zero-order valence-corrected chi connectivity index (χ0v) is 16.8. The maximum absolute atomic E-state index is 11.0. The van der Waals surface area contributed by atoms with Crippen LogP contribution in [0, 0.1) is 0 Å². The molecule has 0 amide bonds. The van der Waals surface area contributed by atoms with E-state index in [1.165, 1.54) is 16.7 Å². The summed E-state index contributed by atoms with van der Waals surface area (Å²) in [4.78, 5) is 18.0. The second-order valence-electron chi connectivity index (χ2n) is 7.26. The van der Waals surface area contributed by atoms with Crippen LogP contribution in [0.4, 0.5) is 0 Å². The van der Waals surface area contributed by atoms with Crippen molar-refractivity contribution in [1.82, 2.24) is 5.32 Å². The van der Waals surface area contributed by atoms with E-state index in [4.69, 9.17) is 9.79 Å². The highest BCUT2D eigenvalue weighted by atomic mass is 31.2. The molecule has 0 aliphatic heterocycles. The summed E-state index contributed by atoms with van der Waals surface area (Å²) in [6.07, 6.45) is 11.0. The summed E-state index contributed by atoms with van der Waals surface area (Å²) in [5, 5.41) is 3.50. The van der Waals surface area contributed by atoms with Crippen molar-refractivity contribution in [2.75, 3.05) is 12.7 Å². The Labute approximate surface area is 167 Å². The highest BCUT2D eigenvalue weighted by Gasteiger charge is 2.23. The summed E-state index contributed by atoms with van der Waals surface area (Å²) < 4.78 is 11.0. The normalized spacial score (nSPS) is 19.9. The van der Waals surface area contributed by atoms with Crippen LogP contribution in [0.2, 0.25) is 0 Å². The molecule has 2 aromatic rings. The molecule has 4 nitrogen and oxygen atoms in total. The molecule has 0 fully saturated rings. The lowest BCUT2D eigenvalue weighted by Gasteiger charge is -2.30. The molecule has 1 aliphatic carbocycles. The van der Waals surface area contributed by atoms with Gasteiger partial charge in [0.2, 0.25) is 0 Å². The molecule has 0 saturated heterocycles. The van der Waals surface area contributed by atoms with E-state index in [1.54, 1.807) is 0 Å². The first kappa shape index (κ1) is 20.8. The van der Waals surface area contributed by atoms with E-state index in [2.05, 4.69) is 66.0 Å². The molecule has 3 N–H and O–H groups in total. The zero-order chi connectivity index (χ0) is 19.8. The number of hydrogen-bond donors (Lipinski definition) is 3. The lowest BCUT2D eigenvalue weighted by atomic mass is 9.83. The van der Waals surface area contributed by atoms with Crippen molar-refractivity contribution in [3.05, 3.63) is 83.4 Å². The van der Waals surface area contributed by atoms with Gasteiger partial charge in [0.05, 0.1) is 6.16 Å². The van der Waals surface area contributed by atoms with E-state index in [1.807, 2.05) is 18.2 Å². The lowest BCUT2D eigenvalue weighted by Crippen LogP contribution is -2.36. The maximum atomic E-state index is 11.0. The van der Waals surface area contributed by atoms with Crippen LogP contribution in [0.25, 0.3) is 12.2 Å². The quantitative estimate of drug-likeness (QED) is 0.259. The van der Waals surface area contributed by atoms with E-state index >= 15 is 0 Å². The van der Waals surface area contributed by atoms with E-state index in [-0.39, 0.29) is 6.16 Å². The average molecular weight is 397 g/mol. The van der Waals surface area contributed by atoms with E-state index in [0.717, 1.165) is 12.8 Å². The van der Waals surface area contributed by atoms with Crippen LogP contribution in [0.15, 0.2) is 66.7 Å². The third-order valence-electron chi connectivity index (χ3n) is 5.10. The molecule has 5 heteroatoms. The number of rotatable bonds is 8. The number of nitrogens with one attached hydrogen (secondary N) is 1. The van der Waals surface area contributed by atoms with Crippen molar-refractivity contribution in [3.8, 4) is 0 Å². The van der Waals surface area contributed by atoms with Gasteiger partial charge in [-0.2, -0.15) is 0 Å². The van der Waals surface area contributed by atoms with Crippen molar-refractivity contribution in [3.63, 3.8) is 0 Å². The molecule has 0 bridgehead atoms. The van der Waals surface area contributed by atoms with Gasteiger partial charge in [-0.1, -0.05) is 78.9 Å². The van der Waals surface area contributed by atoms with Gasteiger partial charge in [0.15, 0.2) is 0 Å². The fourth-order valence-corrected chi connectivity index (χ4v) is 4.16. The van der Waals surface area contributed by atoms with E-state index in [0.29, 0.717) is 24.9 Å². The van der Waals surface area contributed by atoms with Gasteiger partial charge >= 0.3 is 7.60 Å². The van der Waals surface area contributed by atoms with Gasteiger partial charge in [0.25, 0.3) is 0 Å². The van der Waals surface area contributed by atoms with Crippen LogP contribution < -0.4 is 5.32 Å². The molecule has 2 aromatic carbocycles. The number of hydrogen-bond acceptors (Lipinski definition) is 2. The van der Waals surface area contributed by atoms with Gasteiger partial charge in [0, 0.05) is 12.0 Å². The SMILES string of the molecule is O=P(O)(O)CCCNC1CC=CCC1c1ccc(C=Cc2ccccc2)cc1.